The molecule has 8 radical (unpaired) electrons. The smallest absolute Gasteiger partial charge is 0.128 e. The van der Waals surface area contributed by atoms with Gasteiger partial charge in [-0.3, -0.25) is 0 Å². The lowest BCUT2D eigenvalue weighted by atomic mass is 10.2. The van der Waals surface area contributed by atoms with Crippen LogP contribution in [0.3, 0.4) is 0 Å². The zero-order valence-electron chi connectivity index (χ0n) is 15.7. The molecule has 0 saturated carbocycles. The van der Waals surface area contributed by atoms with Gasteiger partial charge in [-0.15, -0.1) is 0 Å². The van der Waals surface area contributed by atoms with E-state index in [1.54, 1.807) is 0 Å². The molecule has 0 spiro atoms. The van der Waals surface area contributed by atoms with Gasteiger partial charge in [-0.2, -0.15) is 0 Å². The van der Waals surface area contributed by atoms with Crippen molar-refractivity contribution in [3.63, 3.8) is 0 Å². The predicted octanol–water partition coefficient (Wildman–Crippen LogP) is 2.78. The first kappa shape index (κ1) is 22.5. The van der Waals surface area contributed by atoms with Gasteiger partial charge < -0.3 is 25.8 Å². The number of hydrogen-bond donors (Lipinski definition) is 0. The molecule has 0 bridgehead atoms. The third kappa shape index (κ3) is 7.85. The lowest BCUT2D eigenvalue weighted by Crippen LogP contribution is -2.49. The fourth-order valence-electron chi connectivity index (χ4n) is 2.85. The van der Waals surface area contributed by atoms with Gasteiger partial charge in [0.15, 0.2) is 0 Å². The highest BCUT2D eigenvalue weighted by Gasteiger charge is 2.23. The van der Waals surface area contributed by atoms with Crippen LogP contribution in [0, 0.1) is 0 Å². The lowest BCUT2D eigenvalue weighted by Gasteiger charge is -2.35. The normalized spacial score (nSPS) is 11.3. The maximum absolute atomic E-state index is 2.33. The molecule has 0 unspecified atom stereocenters. The zero-order chi connectivity index (χ0) is 16.1. The molecular weight excluding hydrogens is 290 g/mol. The van der Waals surface area contributed by atoms with Gasteiger partial charge in [0, 0.05) is 11.1 Å². The van der Waals surface area contributed by atoms with E-state index in [0.717, 1.165) is 22.1 Å². The molecule has 0 atom stereocenters. The molecule has 2 rings (SSSR count). The minimum atomic E-state index is 0. The summed E-state index contributed by atoms with van der Waals surface area (Å²) in [7, 11) is 9.32. The Morgan fingerprint density at radius 3 is 1.12 bits per heavy atom. The second-order valence-electron chi connectivity index (χ2n) is 7.61. The third-order valence-corrected chi connectivity index (χ3v) is 4.22. The summed E-state index contributed by atoms with van der Waals surface area (Å²) in [4.78, 5) is 0. The summed E-state index contributed by atoms with van der Waals surface area (Å²) < 4.78 is 2.06. The van der Waals surface area contributed by atoms with Crippen LogP contribution in [0.2, 0.25) is 0 Å². The molecule has 0 fully saturated rings. The third-order valence-electron chi connectivity index (χ3n) is 4.22. The van der Waals surface area contributed by atoms with Crippen molar-refractivity contribution >= 4 is 16.8 Å². The first-order valence-corrected chi connectivity index (χ1v) is 8.08. The Balaban J connectivity index is 0.00000264. The second-order valence-corrected chi connectivity index (χ2v) is 7.61. The summed E-state index contributed by atoms with van der Waals surface area (Å²) in [6.07, 6.45) is 0. The van der Waals surface area contributed by atoms with Gasteiger partial charge in [0.05, 0.1) is 28.2 Å². The van der Waals surface area contributed by atoms with Crippen LogP contribution >= 0.6 is 0 Å². The number of rotatable bonds is 7. The highest BCUT2D eigenvalue weighted by molar-refractivity contribution is 5.76. The molecular formula is C20H30B2N2. The molecule has 0 aliphatic carbocycles. The first-order valence-electron chi connectivity index (χ1n) is 8.08. The Kier molecular flexibility index (Phi) is 9.09. The average Bonchev–Trinajstić information content (AvgIpc) is 2.47. The van der Waals surface area contributed by atoms with Crippen molar-refractivity contribution in [2.75, 3.05) is 41.3 Å². The quantitative estimate of drug-likeness (QED) is 0.544. The van der Waals surface area contributed by atoms with Crippen molar-refractivity contribution < 1.29 is 8.97 Å². The number of nitrogens with zero attached hydrogens (tertiary/aromatic N) is 2. The number of likely N-dealkylation sites (N-methyl/N-ethyl adjacent to an activating group) is 2. The summed E-state index contributed by atoms with van der Waals surface area (Å²) in [6.45, 7) is 4.53. The molecule has 0 aliphatic heterocycles. The van der Waals surface area contributed by atoms with Crippen LogP contribution in [-0.2, 0) is 13.1 Å². The molecule has 0 saturated heterocycles. The molecule has 0 amide bonds. The van der Waals surface area contributed by atoms with Crippen LogP contribution in [0.25, 0.3) is 0 Å². The number of hydrogen-bond acceptors (Lipinski definition) is 0. The van der Waals surface area contributed by atoms with Crippen LogP contribution in [0.1, 0.15) is 11.1 Å². The molecule has 0 heterocycles. The fourth-order valence-corrected chi connectivity index (χ4v) is 2.85. The van der Waals surface area contributed by atoms with Crippen molar-refractivity contribution in [3.05, 3.63) is 71.8 Å². The van der Waals surface area contributed by atoms with Gasteiger partial charge >= 0.3 is 0 Å². The van der Waals surface area contributed by atoms with Crippen LogP contribution in [0.15, 0.2) is 60.7 Å². The summed E-state index contributed by atoms with van der Waals surface area (Å²) in [5.41, 5.74) is 2.83. The SMILES string of the molecule is C[N+](C)(CC[N+](C)(C)Cc1ccccc1)Cc1ccccc1.[B-].[B-]. The summed E-state index contributed by atoms with van der Waals surface area (Å²) in [5, 5.41) is 0. The summed E-state index contributed by atoms with van der Waals surface area (Å²) in [5.74, 6) is 0. The molecule has 0 aliphatic rings. The molecule has 2 aromatic rings. The van der Waals surface area contributed by atoms with E-state index in [2.05, 4.69) is 88.9 Å². The lowest BCUT2D eigenvalue weighted by molar-refractivity contribution is -0.958. The molecule has 126 valence electrons. The molecule has 0 aromatic heterocycles. The van der Waals surface area contributed by atoms with Crippen molar-refractivity contribution in [2.24, 2.45) is 0 Å². The van der Waals surface area contributed by atoms with Crippen molar-refractivity contribution in [1.29, 1.82) is 0 Å². The Hall–Kier alpha value is -1.51. The van der Waals surface area contributed by atoms with E-state index in [1.807, 2.05) is 0 Å². The average molecular weight is 320 g/mol. The van der Waals surface area contributed by atoms with E-state index >= 15 is 0 Å². The number of benzene rings is 2. The fraction of sp³-hybridized carbons (Fsp3) is 0.400. The van der Waals surface area contributed by atoms with E-state index in [-0.39, 0.29) is 16.8 Å². The molecule has 2 nitrogen and oxygen atoms in total. The summed E-state index contributed by atoms with van der Waals surface area (Å²) in [6, 6.07) is 21.6. The van der Waals surface area contributed by atoms with Crippen LogP contribution in [0.5, 0.6) is 0 Å². The topological polar surface area (TPSA) is 0 Å². The van der Waals surface area contributed by atoms with E-state index in [1.165, 1.54) is 24.2 Å². The van der Waals surface area contributed by atoms with Gasteiger partial charge in [-0.25, -0.2) is 0 Å². The van der Waals surface area contributed by atoms with E-state index in [4.69, 9.17) is 0 Å². The van der Waals surface area contributed by atoms with Crippen molar-refractivity contribution in [1.82, 2.24) is 0 Å². The van der Waals surface area contributed by atoms with Gasteiger partial charge in [-0.05, 0) is 0 Å². The Labute approximate surface area is 152 Å². The predicted molar refractivity (Wildman–Crippen MR) is 106 cm³/mol. The second kappa shape index (κ2) is 9.71. The highest BCUT2D eigenvalue weighted by Crippen LogP contribution is 2.13. The Morgan fingerprint density at radius 2 is 0.833 bits per heavy atom. The van der Waals surface area contributed by atoms with Gasteiger partial charge in [0.2, 0.25) is 0 Å². The molecule has 2 aromatic carbocycles. The van der Waals surface area contributed by atoms with Gasteiger partial charge in [-0.1, -0.05) is 60.7 Å². The van der Waals surface area contributed by atoms with E-state index < -0.39 is 0 Å². The maximum atomic E-state index is 2.33. The first-order chi connectivity index (χ1) is 10.4. The minimum Gasteiger partial charge on any atom is -1.00 e. The van der Waals surface area contributed by atoms with Crippen molar-refractivity contribution in [2.45, 2.75) is 13.1 Å². The van der Waals surface area contributed by atoms with E-state index in [0.29, 0.717) is 0 Å². The minimum absolute atomic E-state index is 0. The van der Waals surface area contributed by atoms with Crippen molar-refractivity contribution in [3.8, 4) is 0 Å². The van der Waals surface area contributed by atoms with E-state index in [9.17, 15) is 0 Å². The van der Waals surface area contributed by atoms with Gasteiger partial charge in [0.25, 0.3) is 0 Å². The molecule has 4 heteroatoms. The number of quaternary nitrogens is 2. The van der Waals surface area contributed by atoms with Crippen LogP contribution in [0.4, 0.5) is 0 Å². The van der Waals surface area contributed by atoms with Gasteiger partial charge in [0.1, 0.15) is 26.2 Å². The Morgan fingerprint density at radius 1 is 0.542 bits per heavy atom. The summed E-state index contributed by atoms with van der Waals surface area (Å²) >= 11 is 0. The van der Waals surface area contributed by atoms with Crippen LogP contribution < -0.4 is 0 Å². The Bertz CT molecular complexity index is 515. The van der Waals surface area contributed by atoms with Crippen LogP contribution in [-0.4, -0.2) is 67.1 Å². The standard InChI is InChI=1S/C20H30N2.2B/c1-21(2,17-19-11-7-5-8-12-19)15-16-22(3,4)18-20-13-9-6-10-14-20;;/h5-14H,15-18H2,1-4H3;;/q+2;2*-1. The molecule has 0 N–H and O–H groups in total. The zero-order valence-corrected chi connectivity index (χ0v) is 15.7. The monoisotopic (exact) mass is 320 g/mol. The molecule has 24 heavy (non-hydrogen) atoms. The maximum Gasteiger partial charge on any atom is 0.128 e. The largest absolute Gasteiger partial charge is 1.00 e. The highest BCUT2D eigenvalue weighted by atomic mass is 15.4.